The summed E-state index contributed by atoms with van der Waals surface area (Å²) in [6, 6.07) is 7.09. The zero-order valence-corrected chi connectivity index (χ0v) is 11.3. The third-order valence-electron chi connectivity index (χ3n) is 2.29. The lowest BCUT2D eigenvalue weighted by atomic mass is 10.1. The van der Waals surface area contributed by atoms with Gasteiger partial charge in [0.1, 0.15) is 5.60 Å². The van der Waals surface area contributed by atoms with Gasteiger partial charge < -0.3 is 9.84 Å². The fourth-order valence-electron chi connectivity index (χ4n) is 1.52. The van der Waals surface area contributed by atoms with Crippen LogP contribution in [-0.4, -0.2) is 34.7 Å². The first-order valence-corrected chi connectivity index (χ1v) is 5.83. The number of amides is 1. The van der Waals surface area contributed by atoms with E-state index >= 15 is 0 Å². The van der Waals surface area contributed by atoms with Crippen LogP contribution in [-0.2, 0) is 9.53 Å². The zero-order valence-electron chi connectivity index (χ0n) is 12.3. The number of benzene rings is 1. The molecule has 1 amide bonds. The molecule has 19 heavy (non-hydrogen) atoms. The molecule has 0 heterocycles. The first kappa shape index (κ1) is 13.4. The van der Waals surface area contributed by atoms with Gasteiger partial charge in [0.25, 0.3) is 0 Å². The Hall–Kier alpha value is -2.04. The number of rotatable bonds is 3. The average molecular weight is 266 g/mol. The Morgan fingerprint density at radius 3 is 2.32 bits per heavy atom. The molecule has 0 aromatic heterocycles. The Labute approximate surface area is 114 Å². The highest BCUT2D eigenvalue weighted by Crippen LogP contribution is 2.21. The molecule has 0 radical (unpaired) electrons. The maximum Gasteiger partial charge on any atom is 0.411 e. The predicted octanol–water partition coefficient (Wildman–Crippen LogP) is 2.68. The fraction of sp³-hybridized carbons (Fsp3) is 0.429. The van der Waals surface area contributed by atoms with E-state index in [4.69, 9.17) is 6.11 Å². The van der Waals surface area contributed by atoms with Gasteiger partial charge >= 0.3 is 12.1 Å². The maximum atomic E-state index is 12.0. The minimum absolute atomic E-state index is 0.429. The van der Waals surface area contributed by atoms with Crippen molar-refractivity contribution in [1.29, 1.82) is 0 Å². The molecule has 0 spiro atoms. The predicted molar refractivity (Wildman–Crippen MR) is 70.8 cm³/mol. The second-order valence-corrected chi connectivity index (χ2v) is 5.10. The Morgan fingerprint density at radius 2 is 1.89 bits per heavy atom. The molecule has 5 heteroatoms. The molecule has 0 bridgehead atoms. The summed E-state index contributed by atoms with van der Waals surface area (Å²) in [7, 11) is -0.499. The lowest BCUT2D eigenvalue weighted by molar-refractivity contribution is -0.142. The number of carboxylic acids is 1. The maximum absolute atomic E-state index is 12.0. The van der Waals surface area contributed by atoms with Crippen molar-refractivity contribution in [3.05, 3.63) is 35.9 Å². The molecule has 0 aliphatic rings. The lowest BCUT2D eigenvalue weighted by Crippen LogP contribution is -2.39. The normalized spacial score (nSPS) is 13.3. The van der Waals surface area contributed by atoms with Crippen LogP contribution < -0.4 is 0 Å². The molecular weight excluding hydrogens is 246 g/mol. The quantitative estimate of drug-likeness (QED) is 0.913. The molecule has 1 N–H and O–H groups in total. The van der Waals surface area contributed by atoms with Gasteiger partial charge in [-0.15, -0.1) is 0 Å². The van der Waals surface area contributed by atoms with Crippen molar-refractivity contribution < 1.29 is 20.8 Å². The van der Waals surface area contributed by atoms with Crippen LogP contribution in [0.15, 0.2) is 30.3 Å². The summed E-state index contributed by atoms with van der Waals surface area (Å²) in [5, 5.41) is 9.34. The number of aliphatic carboxylic acids is 1. The standard InChI is InChI=1S/C14H19NO4/c1-14(2,3)19-13(18)15(4)11(12(16)17)10-8-6-5-7-9-10/h5-9,11H,1-4H3,(H,16,17)/i4D. The molecule has 104 valence electrons. The van der Waals surface area contributed by atoms with Crippen LogP contribution in [0.1, 0.15) is 33.7 Å². The zero-order chi connectivity index (χ0) is 15.3. The first-order chi connectivity index (χ1) is 9.26. The van der Waals surface area contributed by atoms with Crippen LogP contribution in [0.3, 0.4) is 0 Å². The molecule has 0 saturated carbocycles. The molecular formula is C14H19NO4. The Morgan fingerprint density at radius 1 is 1.32 bits per heavy atom. The summed E-state index contributed by atoms with van der Waals surface area (Å²) in [6.07, 6.45) is -0.816. The molecule has 1 rings (SSSR count). The first-order valence-electron chi connectivity index (χ1n) is 6.53. The second kappa shape index (κ2) is 5.73. The van der Waals surface area contributed by atoms with E-state index in [1.54, 1.807) is 51.1 Å². The smallest absolute Gasteiger partial charge is 0.411 e. The van der Waals surface area contributed by atoms with E-state index in [1.807, 2.05) is 0 Å². The highest BCUT2D eigenvalue weighted by atomic mass is 16.6. The van der Waals surface area contributed by atoms with E-state index < -0.39 is 30.7 Å². The SMILES string of the molecule is [2H]CN(C(=O)OC(C)(C)C)C(C(=O)O)c1ccccc1. The number of nitrogens with zero attached hydrogens (tertiary/aromatic N) is 1. The molecule has 0 fully saturated rings. The molecule has 0 aliphatic heterocycles. The highest BCUT2D eigenvalue weighted by molar-refractivity contribution is 5.81. The van der Waals surface area contributed by atoms with Crippen molar-refractivity contribution in [2.75, 3.05) is 7.02 Å². The number of hydrogen-bond acceptors (Lipinski definition) is 3. The molecule has 1 unspecified atom stereocenters. The van der Waals surface area contributed by atoms with Crippen molar-refractivity contribution >= 4 is 12.1 Å². The molecule has 1 atom stereocenters. The van der Waals surface area contributed by atoms with Gasteiger partial charge in [0.05, 0.1) is 0 Å². The highest BCUT2D eigenvalue weighted by Gasteiger charge is 2.31. The van der Waals surface area contributed by atoms with E-state index in [9.17, 15) is 14.7 Å². The van der Waals surface area contributed by atoms with Gasteiger partial charge in [-0.05, 0) is 26.3 Å². The summed E-state index contributed by atoms with van der Waals surface area (Å²) in [6.45, 7) is 5.06. The van der Waals surface area contributed by atoms with Gasteiger partial charge in [0.2, 0.25) is 0 Å². The van der Waals surface area contributed by atoms with Crippen LogP contribution in [0.25, 0.3) is 0 Å². The third kappa shape index (κ3) is 4.28. The molecule has 0 saturated heterocycles. The summed E-state index contributed by atoms with van der Waals surface area (Å²) >= 11 is 0. The number of carbonyl (C=O) groups excluding carboxylic acids is 1. The second-order valence-electron chi connectivity index (χ2n) is 5.10. The van der Waals surface area contributed by atoms with Gasteiger partial charge in [-0.25, -0.2) is 9.59 Å². The Balaban J connectivity index is 3.05. The number of ether oxygens (including phenoxy) is 1. The van der Waals surface area contributed by atoms with Crippen molar-refractivity contribution in [1.82, 2.24) is 4.90 Å². The largest absolute Gasteiger partial charge is 0.479 e. The van der Waals surface area contributed by atoms with Crippen LogP contribution in [0.4, 0.5) is 4.79 Å². The van der Waals surface area contributed by atoms with Crippen molar-refractivity contribution in [2.45, 2.75) is 32.4 Å². The average Bonchev–Trinajstić information content (AvgIpc) is 2.33. The van der Waals surface area contributed by atoms with Crippen molar-refractivity contribution in [3.63, 3.8) is 0 Å². The topological polar surface area (TPSA) is 66.8 Å². The number of likely N-dealkylation sites (N-methyl/N-ethyl adjacent to an activating group) is 1. The summed E-state index contributed by atoms with van der Waals surface area (Å²) in [5.74, 6) is -1.20. The summed E-state index contributed by atoms with van der Waals surface area (Å²) in [5.41, 5.74) is -0.317. The Bertz CT molecular complexity index is 470. The Kier molecular flexibility index (Phi) is 4.04. The van der Waals surface area contributed by atoms with Gasteiger partial charge in [-0.3, -0.25) is 4.90 Å². The number of carboxylic acid groups (broad SMARTS) is 1. The minimum atomic E-state index is -1.23. The van der Waals surface area contributed by atoms with Gasteiger partial charge in [-0.1, -0.05) is 30.3 Å². The minimum Gasteiger partial charge on any atom is -0.479 e. The van der Waals surface area contributed by atoms with Gasteiger partial charge in [-0.2, -0.15) is 0 Å². The van der Waals surface area contributed by atoms with Crippen LogP contribution >= 0.6 is 0 Å². The van der Waals surface area contributed by atoms with E-state index in [0.29, 0.717) is 5.56 Å². The van der Waals surface area contributed by atoms with Crippen molar-refractivity contribution in [2.24, 2.45) is 0 Å². The van der Waals surface area contributed by atoms with E-state index in [1.165, 1.54) is 0 Å². The van der Waals surface area contributed by atoms with E-state index in [-0.39, 0.29) is 0 Å². The lowest BCUT2D eigenvalue weighted by Gasteiger charge is -2.28. The number of carbonyl (C=O) groups is 2. The summed E-state index contributed by atoms with van der Waals surface area (Å²) in [4.78, 5) is 24.3. The van der Waals surface area contributed by atoms with Crippen LogP contribution in [0, 0.1) is 0 Å². The van der Waals surface area contributed by atoms with E-state index in [2.05, 4.69) is 0 Å². The van der Waals surface area contributed by atoms with Crippen molar-refractivity contribution in [3.8, 4) is 0 Å². The van der Waals surface area contributed by atoms with E-state index in [0.717, 1.165) is 4.90 Å². The van der Waals surface area contributed by atoms with Gasteiger partial charge in [0.15, 0.2) is 6.04 Å². The van der Waals surface area contributed by atoms with Gasteiger partial charge in [0, 0.05) is 8.39 Å². The molecule has 0 aliphatic carbocycles. The van der Waals surface area contributed by atoms with Crippen LogP contribution in [0.5, 0.6) is 0 Å². The number of hydrogen-bond donors (Lipinski definition) is 1. The van der Waals surface area contributed by atoms with Crippen LogP contribution in [0.2, 0.25) is 0 Å². The third-order valence-corrected chi connectivity index (χ3v) is 2.29. The monoisotopic (exact) mass is 266 g/mol. The fourth-order valence-corrected chi connectivity index (χ4v) is 1.52. The molecule has 1 aromatic carbocycles. The molecule has 1 aromatic rings. The summed E-state index contributed by atoms with van der Waals surface area (Å²) < 4.78 is 12.6. The molecule has 5 nitrogen and oxygen atoms in total.